The molecule has 0 bridgehead atoms. The summed E-state index contributed by atoms with van der Waals surface area (Å²) in [6.07, 6.45) is 0.782. The standard InChI is InChI=1S/C21H32N4O3/c1-21(2,3)28-20(27)25-9-8-16(15-25)14-23-10-12-24(13-11-23)19(26)17-6-4-5-7-18(17)22/h4-7,16H,8-15,22H2,1-3H3. The third-order valence-corrected chi connectivity index (χ3v) is 5.30. The Morgan fingerprint density at radius 3 is 2.39 bits per heavy atom. The van der Waals surface area contributed by atoms with Crippen LogP contribution in [0.3, 0.4) is 0 Å². The van der Waals surface area contributed by atoms with Crippen LogP contribution in [0.15, 0.2) is 24.3 Å². The molecule has 2 aliphatic rings. The molecule has 2 N–H and O–H groups in total. The third-order valence-electron chi connectivity index (χ3n) is 5.30. The zero-order valence-corrected chi connectivity index (χ0v) is 17.2. The van der Waals surface area contributed by atoms with Crippen molar-refractivity contribution < 1.29 is 14.3 Å². The van der Waals surface area contributed by atoms with Gasteiger partial charge in [0.2, 0.25) is 0 Å². The predicted octanol–water partition coefficient (Wildman–Crippen LogP) is 2.28. The molecule has 0 saturated carbocycles. The van der Waals surface area contributed by atoms with Crippen LogP contribution in [0.5, 0.6) is 0 Å². The third kappa shape index (κ3) is 5.16. The van der Waals surface area contributed by atoms with Crippen LogP contribution >= 0.6 is 0 Å². The summed E-state index contributed by atoms with van der Waals surface area (Å²) in [4.78, 5) is 31.0. The van der Waals surface area contributed by atoms with Crippen molar-refractivity contribution >= 4 is 17.7 Å². The summed E-state index contributed by atoms with van der Waals surface area (Å²) in [6, 6.07) is 7.23. The second kappa shape index (κ2) is 8.39. The van der Waals surface area contributed by atoms with Crippen molar-refractivity contribution in [2.24, 2.45) is 5.92 Å². The fourth-order valence-corrected chi connectivity index (χ4v) is 3.83. The van der Waals surface area contributed by atoms with E-state index in [1.165, 1.54) is 0 Å². The van der Waals surface area contributed by atoms with Gasteiger partial charge in [-0.2, -0.15) is 0 Å². The van der Waals surface area contributed by atoms with Crippen molar-refractivity contribution in [3.05, 3.63) is 29.8 Å². The first-order valence-electron chi connectivity index (χ1n) is 10.1. The van der Waals surface area contributed by atoms with E-state index in [9.17, 15) is 9.59 Å². The van der Waals surface area contributed by atoms with E-state index in [4.69, 9.17) is 10.5 Å². The van der Waals surface area contributed by atoms with Crippen LogP contribution < -0.4 is 5.73 Å². The van der Waals surface area contributed by atoms with E-state index in [-0.39, 0.29) is 12.0 Å². The van der Waals surface area contributed by atoms with Crippen LogP contribution in [0.4, 0.5) is 10.5 Å². The second-order valence-electron chi connectivity index (χ2n) is 8.76. The number of anilines is 1. The molecular weight excluding hydrogens is 356 g/mol. The fraction of sp³-hybridized carbons (Fsp3) is 0.619. The summed E-state index contributed by atoms with van der Waals surface area (Å²) >= 11 is 0. The number of carbonyl (C=O) groups excluding carboxylic acids is 2. The fourth-order valence-electron chi connectivity index (χ4n) is 3.83. The predicted molar refractivity (Wildman–Crippen MR) is 109 cm³/mol. The molecule has 2 saturated heterocycles. The SMILES string of the molecule is CC(C)(C)OC(=O)N1CCC(CN2CCN(C(=O)c3ccccc3N)CC2)C1. The minimum absolute atomic E-state index is 0.00900. The van der Waals surface area contributed by atoms with Gasteiger partial charge in [-0.3, -0.25) is 9.69 Å². The Balaban J connectivity index is 1.44. The molecular formula is C21H32N4O3. The number of amides is 2. The van der Waals surface area contributed by atoms with Gasteiger partial charge in [-0.15, -0.1) is 0 Å². The molecule has 1 aromatic carbocycles. The molecule has 0 aliphatic carbocycles. The lowest BCUT2D eigenvalue weighted by Gasteiger charge is -2.36. The molecule has 7 nitrogen and oxygen atoms in total. The number of nitrogen functional groups attached to an aromatic ring is 1. The highest BCUT2D eigenvalue weighted by Crippen LogP contribution is 2.21. The maximum atomic E-state index is 12.7. The number of nitrogens with two attached hydrogens (primary N) is 1. The molecule has 2 heterocycles. The summed E-state index contributed by atoms with van der Waals surface area (Å²) in [5, 5.41) is 0. The largest absolute Gasteiger partial charge is 0.444 e. The lowest BCUT2D eigenvalue weighted by molar-refractivity contribution is 0.0281. The molecule has 0 radical (unpaired) electrons. The maximum Gasteiger partial charge on any atom is 0.410 e. The first kappa shape index (κ1) is 20.5. The van der Waals surface area contributed by atoms with E-state index >= 15 is 0 Å². The Hall–Kier alpha value is -2.28. The molecule has 154 valence electrons. The first-order chi connectivity index (χ1) is 13.2. The van der Waals surface area contributed by atoms with Gasteiger partial charge in [0, 0.05) is 51.5 Å². The summed E-state index contributed by atoms with van der Waals surface area (Å²) in [5.41, 5.74) is 6.60. The normalized spacial score (nSPS) is 21.0. The molecule has 2 fully saturated rings. The van der Waals surface area contributed by atoms with Gasteiger partial charge >= 0.3 is 6.09 Å². The average molecular weight is 389 g/mol. The van der Waals surface area contributed by atoms with Crippen LogP contribution in [0, 0.1) is 5.92 Å². The number of likely N-dealkylation sites (tertiary alicyclic amines) is 1. The lowest BCUT2D eigenvalue weighted by Crippen LogP contribution is -2.50. The monoisotopic (exact) mass is 388 g/mol. The topological polar surface area (TPSA) is 79.1 Å². The van der Waals surface area contributed by atoms with Crippen LogP contribution in [0.25, 0.3) is 0 Å². The van der Waals surface area contributed by atoms with E-state index in [0.29, 0.717) is 30.3 Å². The van der Waals surface area contributed by atoms with Crippen molar-refractivity contribution in [1.82, 2.24) is 14.7 Å². The zero-order valence-electron chi connectivity index (χ0n) is 17.2. The zero-order chi connectivity index (χ0) is 20.3. The number of hydrogen-bond donors (Lipinski definition) is 1. The van der Waals surface area contributed by atoms with E-state index in [0.717, 1.165) is 39.1 Å². The van der Waals surface area contributed by atoms with Crippen LogP contribution in [0.1, 0.15) is 37.6 Å². The molecule has 1 unspecified atom stereocenters. The van der Waals surface area contributed by atoms with Gasteiger partial charge in [0.1, 0.15) is 5.60 Å². The van der Waals surface area contributed by atoms with Crippen molar-refractivity contribution in [2.45, 2.75) is 32.8 Å². The summed E-state index contributed by atoms with van der Waals surface area (Å²) in [6.45, 7) is 11.2. The van der Waals surface area contributed by atoms with E-state index in [2.05, 4.69) is 4.90 Å². The molecule has 0 spiro atoms. The number of para-hydroxylation sites is 1. The Morgan fingerprint density at radius 1 is 1.07 bits per heavy atom. The summed E-state index contributed by atoms with van der Waals surface area (Å²) in [5.74, 6) is 0.467. The van der Waals surface area contributed by atoms with Crippen LogP contribution in [0.2, 0.25) is 0 Å². The number of piperazine rings is 1. The van der Waals surface area contributed by atoms with Crippen molar-refractivity contribution in [3.8, 4) is 0 Å². The number of nitrogens with zero attached hydrogens (tertiary/aromatic N) is 3. The molecule has 3 rings (SSSR count). The van der Waals surface area contributed by atoms with Crippen LogP contribution in [-0.4, -0.2) is 78.1 Å². The summed E-state index contributed by atoms with van der Waals surface area (Å²) < 4.78 is 5.47. The first-order valence-corrected chi connectivity index (χ1v) is 10.1. The van der Waals surface area contributed by atoms with Crippen molar-refractivity contribution in [1.29, 1.82) is 0 Å². The molecule has 2 aliphatic heterocycles. The van der Waals surface area contributed by atoms with Gasteiger partial charge in [0.25, 0.3) is 5.91 Å². The molecule has 0 aromatic heterocycles. The Labute approximate surface area is 167 Å². The van der Waals surface area contributed by atoms with Gasteiger partial charge in [-0.1, -0.05) is 12.1 Å². The van der Waals surface area contributed by atoms with Gasteiger partial charge in [0.05, 0.1) is 5.56 Å². The number of hydrogen-bond acceptors (Lipinski definition) is 5. The maximum absolute atomic E-state index is 12.7. The molecule has 1 aromatic rings. The molecule has 2 amide bonds. The lowest BCUT2D eigenvalue weighted by atomic mass is 10.1. The van der Waals surface area contributed by atoms with Gasteiger partial charge in [0.15, 0.2) is 0 Å². The summed E-state index contributed by atoms with van der Waals surface area (Å²) in [7, 11) is 0. The minimum Gasteiger partial charge on any atom is -0.444 e. The minimum atomic E-state index is -0.458. The highest BCUT2D eigenvalue weighted by atomic mass is 16.6. The number of benzene rings is 1. The Bertz CT molecular complexity index is 708. The number of rotatable bonds is 3. The van der Waals surface area contributed by atoms with Gasteiger partial charge in [-0.05, 0) is 45.2 Å². The van der Waals surface area contributed by atoms with Gasteiger partial charge < -0.3 is 20.3 Å². The number of ether oxygens (including phenoxy) is 1. The molecule has 1 atom stereocenters. The van der Waals surface area contributed by atoms with Gasteiger partial charge in [-0.25, -0.2) is 4.79 Å². The van der Waals surface area contributed by atoms with Crippen molar-refractivity contribution in [3.63, 3.8) is 0 Å². The Morgan fingerprint density at radius 2 is 1.75 bits per heavy atom. The van der Waals surface area contributed by atoms with E-state index in [1.54, 1.807) is 12.1 Å². The highest BCUT2D eigenvalue weighted by molar-refractivity contribution is 5.99. The highest BCUT2D eigenvalue weighted by Gasteiger charge is 2.32. The van der Waals surface area contributed by atoms with E-state index < -0.39 is 5.60 Å². The second-order valence-corrected chi connectivity index (χ2v) is 8.76. The average Bonchev–Trinajstić information content (AvgIpc) is 3.09. The van der Waals surface area contributed by atoms with E-state index in [1.807, 2.05) is 42.7 Å². The smallest absolute Gasteiger partial charge is 0.410 e. The van der Waals surface area contributed by atoms with Crippen LogP contribution in [-0.2, 0) is 4.74 Å². The van der Waals surface area contributed by atoms with Crippen molar-refractivity contribution in [2.75, 3.05) is 51.5 Å². The molecule has 7 heteroatoms. The Kier molecular flexibility index (Phi) is 6.13. The molecule has 28 heavy (non-hydrogen) atoms. The number of carbonyl (C=O) groups is 2. The quantitative estimate of drug-likeness (QED) is 0.804.